The Labute approximate surface area is 135 Å². The first kappa shape index (κ1) is 15.1. The van der Waals surface area contributed by atoms with Crippen molar-refractivity contribution >= 4 is 5.91 Å². The van der Waals surface area contributed by atoms with Crippen molar-refractivity contribution in [2.75, 3.05) is 0 Å². The van der Waals surface area contributed by atoms with Gasteiger partial charge in [-0.25, -0.2) is 0 Å². The fourth-order valence-corrected chi connectivity index (χ4v) is 2.86. The third kappa shape index (κ3) is 3.35. The number of nitrogens with zero attached hydrogens (tertiary/aromatic N) is 1. The van der Waals surface area contributed by atoms with E-state index in [2.05, 4.69) is 23.5 Å². The Hall–Kier alpha value is -2.80. The molecule has 0 bridgehead atoms. The van der Waals surface area contributed by atoms with Crippen LogP contribution in [0, 0.1) is 11.3 Å². The molecular formula is C19H18N2O2. The number of rotatable bonds is 4. The van der Waals surface area contributed by atoms with Gasteiger partial charge in [0, 0.05) is 0 Å². The normalized spacial score (nSPS) is 17.0. The van der Waals surface area contributed by atoms with Crippen LogP contribution in [0.5, 0.6) is 5.75 Å². The summed E-state index contributed by atoms with van der Waals surface area (Å²) in [6.45, 7) is 1.73. The molecule has 2 aromatic rings. The predicted octanol–water partition coefficient (Wildman–Crippen LogP) is 3.13. The number of carbonyl (C=O) groups is 1. The van der Waals surface area contributed by atoms with E-state index in [1.807, 2.05) is 12.1 Å². The van der Waals surface area contributed by atoms with Gasteiger partial charge in [0.2, 0.25) is 0 Å². The Morgan fingerprint density at radius 3 is 2.74 bits per heavy atom. The molecule has 23 heavy (non-hydrogen) atoms. The van der Waals surface area contributed by atoms with Gasteiger partial charge in [-0.2, -0.15) is 5.26 Å². The number of nitrogens with one attached hydrogen (secondary N) is 1. The molecule has 4 nitrogen and oxygen atoms in total. The fraction of sp³-hybridized carbons (Fsp3) is 0.263. The van der Waals surface area contributed by atoms with Gasteiger partial charge in [0.05, 0.1) is 17.7 Å². The number of benzene rings is 2. The largest absolute Gasteiger partial charge is 0.481 e. The summed E-state index contributed by atoms with van der Waals surface area (Å²) in [7, 11) is 0. The highest BCUT2D eigenvalue weighted by Crippen LogP contribution is 2.30. The molecule has 3 rings (SSSR count). The Balaban J connectivity index is 1.61. The lowest BCUT2D eigenvalue weighted by Gasteiger charge is -2.19. The van der Waals surface area contributed by atoms with Crippen LogP contribution >= 0.6 is 0 Å². The molecule has 0 heterocycles. The van der Waals surface area contributed by atoms with Gasteiger partial charge in [0.15, 0.2) is 6.10 Å². The lowest BCUT2D eigenvalue weighted by Crippen LogP contribution is -2.38. The molecule has 1 N–H and O–H groups in total. The summed E-state index contributed by atoms with van der Waals surface area (Å²) in [5.41, 5.74) is 3.07. The third-order valence-corrected chi connectivity index (χ3v) is 4.11. The Kier molecular flexibility index (Phi) is 4.29. The summed E-state index contributed by atoms with van der Waals surface area (Å²) in [5, 5.41) is 11.8. The first-order valence-electron chi connectivity index (χ1n) is 7.72. The van der Waals surface area contributed by atoms with Crippen LogP contribution in [0.15, 0.2) is 48.5 Å². The standard InChI is InChI=1S/C19H18N2O2/c1-13(23-16-9-6-14(12-20)7-10-16)19(22)21-18-11-8-15-4-2-3-5-17(15)18/h2-7,9-10,13,18H,8,11H2,1H3,(H,21,22)/t13-,18-/m0/s1. The van der Waals surface area contributed by atoms with Gasteiger partial charge in [0.25, 0.3) is 5.91 Å². The molecule has 1 amide bonds. The molecule has 0 saturated carbocycles. The number of nitriles is 1. The minimum Gasteiger partial charge on any atom is -0.481 e. The van der Waals surface area contributed by atoms with E-state index >= 15 is 0 Å². The van der Waals surface area contributed by atoms with Crippen molar-refractivity contribution in [1.82, 2.24) is 5.32 Å². The maximum Gasteiger partial charge on any atom is 0.261 e. The molecule has 2 aromatic carbocycles. The molecular weight excluding hydrogens is 288 g/mol. The van der Waals surface area contributed by atoms with Gasteiger partial charge in [-0.3, -0.25) is 4.79 Å². The van der Waals surface area contributed by atoms with Crippen LogP contribution in [-0.2, 0) is 11.2 Å². The Bertz CT molecular complexity index is 747. The van der Waals surface area contributed by atoms with Crippen LogP contribution in [0.4, 0.5) is 0 Å². The maximum absolute atomic E-state index is 12.3. The highest BCUT2D eigenvalue weighted by atomic mass is 16.5. The van der Waals surface area contributed by atoms with E-state index in [-0.39, 0.29) is 11.9 Å². The topological polar surface area (TPSA) is 62.1 Å². The average molecular weight is 306 g/mol. The summed E-state index contributed by atoms with van der Waals surface area (Å²) >= 11 is 0. The predicted molar refractivity (Wildman–Crippen MR) is 86.9 cm³/mol. The fourth-order valence-electron chi connectivity index (χ4n) is 2.86. The van der Waals surface area contributed by atoms with Crippen LogP contribution < -0.4 is 10.1 Å². The molecule has 2 atom stereocenters. The minimum absolute atomic E-state index is 0.0608. The van der Waals surface area contributed by atoms with E-state index in [9.17, 15) is 4.79 Å². The van der Waals surface area contributed by atoms with Crippen molar-refractivity contribution in [3.8, 4) is 11.8 Å². The van der Waals surface area contributed by atoms with Gasteiger partial charge < -0.3 is 10.1 Å². The van der Waals surface area contributed by atoms with Crippen LogP contribution in [0.2, 0.25) is 0 Å². The number of fused-ring (bicyclic) bond motifs is 1. The Morgan fingerprint density at radius 1 is 1.26 bits per heavy atom. The van der Waals surface area contributed by atoms with E-state index in [1.165, 1.54) is 11.1 Å². The van der Waals surface area contributed by atoms with Crippen LogP contribution in [-0.4, -0.2) is 12.0 Å². The zero-order valence-corrected chi connectivity index (χ0v) is 13.0. The van der Waals surface area contributed by atoms with Gasteiger partial charge >= 0.3 is 0 Å². The number of amides is 1. The number of aryl methyl sites for hydroxylation is 1. The molecule has 116 valence electrons. The molecule has 0 spiro atoms. The van der Waals surface area contributed by atoms with Crippen molar-refractivity contribution in [2.24, 2.45) is 0 Å². The second-order valence-corrected chi connectivity index (χ2v) is 5.69. The van der Waals surface area contributed by atoms with Gasteiger partial charge in [-0.15, -0.1) is 0 Å². The van der Waals surface area contributed by atoms with E-state index in [1.54, 1.807) is 31.2 Å². The zero-order chi connectivity index (χ0) is 16.2. The quantitative estimate of drug-likeness (QED) is 0.944. The van der Waals surface area contributed by atoms with Crippen LogP contribution in [0.1, 0.15) is 36.1 Å². The summed E-state index contributed by atoms with van der Waals surface area (Å²) in [6.07, 6.45) is 1.33. The average Bonchev–Trinajstić information content (AvgIpc) is 2.98. The SMILES string of the molecule is C[C@H](Oc1ccc(C#N)cc1)C(=O)N[C@H]1CCc2ccccc21. The van der Waals surface area contributed by atoms with Gasteiger partial charge in [-0.05, 0) is 55.2 Å². The second-order valence-electron chi connectivity index (χ2n) is 5.69. The highest BCUT2D eigenvalue weighted by Gasteiger charge is 2.25. The molecule has 4 heteroatoms. The molecule has 1 aliphatic rings. The molecule has 0 fully saturated rings. The third-order valence-electron chi connectivity index (χ3n) is 4.11. The van der Waals surface area contributed by atoms with Crippen LogP contribution in [0.25, 0.3) is 0 Å². The molecule has 0 aliphatic heterocycles. The molecule has 0 saturated heterocycles. The van der Waals surface area contributed by atoms with E-state index < -0.39 is 6.10 Å². The number of hydrogen-bond acceptors (Lipinski definition) is 3. The van der Waals surface area contributed by atoms with E-state index in [4.69, 9.17) is 10.00 Å². The first-order valence-corrected chi connectivity index (χ1v) is 7.72. The number of hydrogen-bond donors (Lipinski definition) is 1. The summed E-state index contributed by atoms with van der Waals surface area (Å²) in [6, 6.07) is 17.1. The first-order chi connectivity index (χ1) is 11.2. The number of carbonyl (C=O) groups excluding carboxylic acids is 1. The van der Waals surface area contributed by atoms with Gasteiger partial charge in [-0.1, -0.05) is 24.3 Å². The van der Waals surface area contributed by atoms with Crippen molar-refractivity contribution in [1.29, 1.82) is 5.26 Å². The highest BCUT2D eigenvalue weighted by molar-refractivity contribution is 5.81. The van der Waals surface area contributed by atoms with Crippen LogP contribution in [0.3, 0.4) is 0 Å². The van der Waals surface area contributed by atoms with E-state index in [0.717, 1.165) is 12.8 Å². The lowest BCUT2D eigenvalue weighted by molar-refractivity contribution is -0.128. The minimum atomic E-state index is -0.587. The molecule has 1 aliphatic carbocycles. The number of ether oxygens (including phenoxy) is 1. The van der Waals surface area contributed by atoms with Crippen molar-refractivity contribution in [2.45, 2.75) is 31.9 Å². The monoisotopic (exact) mass is 306 g/mol. The summed E-state index contributed by atoms with van der Waals surface area (Å²) < 4.78 is 5.65. The van der Waals surface area contributed by atoms with E-state index in [0.29, 0.717) is 11.3 Å². The molecule has 0 unspecified atom stereocenters. The lowest BCUT2D eigenvalue weighted by atomic mass is 10.1. The maximum atomic E-state index is 12.3. The van der Waals surface area contributed by atoms with Crippen molar-refractivity contribution in [3.63, 3.8) is 0 Å². The Morgan fingerprint density at radius 2 is 2.00 bits per heavy atom. The molecule has 0 aromatic heterocycles. The molecule has 0 radical (unpaired) electrons. The summed E-state index contributed by atoms with van der Waals surface area (Å²) in [4.78, 5) is 12.3. The van der Waals surface area contributed by atoms with Crippen molar-refractivity contribution < 1.29 is 9.53 Å². The zero-order valence-electron chi connectivity index (χ0n) is 13.0. The van der Waals surface area contributed by atoms with Gasteiger partial charge in [0.1, 0.15) is 5.75 Å². The summed E-state index contributed by atoms with van der Waals surface area (Å²) in [5.74, 6) is 0.453. The smallest absolute Gasteiger partial charge is 0.261 e. The van der Waals surface area contributed by atoms with Crippen molar-refractivity contribution in [3.05, 3.63) is 65.2 Å². The second kappa shape index (κ2) is 6.53.